The van der Waals surface area contributed by atoms with Gasteiger partial charge in [-0.25, -0.2) is 0 Å². The minimum absolute atomic E-state index is 0.0801. The van der Waals surface area contributed by atoms with Crippen LogP contribution in [0, 0.1) is 10.1 Å². The van der Waals surface area contributed by atoms with Gasteiger partial charge in [0, 0.05) is 18.7 Å². The molecule has 0 amide bonds. The third-order valence-corrected chi connectivity index (χ3v) is 1.75. The summed E-state index contributed by atoms with van der Waals surface area (Å²) in [4.78, 5) is 9.47. The quantitative estimate of drug-likeness (QED) is 0.654. The van der Waals surface area contributed by atoms with E-state index in [4.69, 9.17) is 5.73 Å². The number of nitrogens with zero attached hydrogens (tertiary/aromatic N) is 1. The zero-order chi connectivity index (χ0) is 15.6. The van der Waals surface area contributed by atoms with E-state index in [2.05, 4.69) is 0 Å². The van der Waals surface area contributed by atoms with Gasteiger partial charge < -0.3 is 5.73 Å². The van der Waals surface area contributed by atoms with Crippen molar-refractivity contribution in [3.8, 4) is 0 Å². The van der Waals surface area contributed by atoms with Crippen LogP contribution in [-0.2, 0) is 12.7 Å². The summed E-state index contributed by atoms with van der Waals surface area (Å²) in [6.45, 7) is 7.82. The van der Waals surface area contributed by atoms with E-state index < -0.39 is 22.4 Å². The lowest BCUT2D eigenvalue weighted by Crippen LogP contribution is -2.08. The number of alkyl halides is 3. The molecule has 0 aliphatic carbocycles. The van der Waals surface area contributed by atoms with Gasteiger partial charge >= 0.3 is 6.18 Å². The molecule has 0 heterocycles. The molecule has 19 heavy (non-hydrogen) atoms. The van der Waals surface area contributed by atoms with Gasteiger partial charge in [-0.05, 0) is 11.6 Å². The van der Waals surface area contributed by atoms with E-state index in [1.807, 2.05) is 27.7 Å². The predicted molar refractivity (Wildman–Crippen MR) is 68.7 cm³/mol. The van der Waals surface area contributed by atoms with Crippen LogP contribution in [0.5, 0.6) is 0 Å². The number of rotatable bonds is 2. The number of non-ortho nitro benzene ring substituents is 1. The van der Waals surface area contributed by atoms with E-state index in [0.29, 0.717) is 6.07 Å². The second-order valence-corrected chi connectivity index (χ2v) is 2.85. The minimum atomic E-state index is -4.60. The number of hydrogen-bond acceptors (Lipinski definition) is 3. The number of halogens is 3. The summed E-state index contributed by atoms with van der Waals surface area (Å²) < 4.78 is 36.9. The molecule has 0 spiro atoms. The van der Waals surface area contributed by atoms with Gasteiger partial charge in [-0.1, -0.05) is 27.7 Å². The fraction of sp³-hybridized carbons (Fsp3) is 0.500. The van der Waals surface area contributed by atoms with Crippen molar-refractivity contribution >= 4 is 5.69 Å². The molecule has 2 N–H and O–H groups in total. The summed E-state index contributed by atoms with van der Waals surface area (Å²) in [6.07, 6.45) is -4.60. The average Bonchev–Trinajstić information content (AvgIpc) is 2.41. The highest BCUT2D eigenvalue weighted by molar-refractivity contribution is 5.40. The molecular weight excluding hydrogens is 261 g/mol. The minimum Gasteiger partial charge on any atom is -0.326 e. The summed E-state index contributed by atoms with van der Waals surface area (Å²) in [5, 5.41) is 10.3. The highest BCUT2D eigenvalue weighted by Crippen LogP contribution is 2.32. The van der Waals surface area contributed by atoms with E-state index in [1.165, 1.54) is 0 Å². The first-order valence-corrected chi connectivity index (χ1v) is 5.90. The number of nitro benzene ring substituents is 1. The maximum absolute atomic E-state index is 12.3. The second-order valence-electron chi connectivity index (χ2n) is 2.85. The fourth-order valence-electron chi connectivity index (χ4n) is 1.06. The molecule has 7 heteroatoms. The van der Waals surface area contributed by atoms with Crippen LogP contribution in [-0.4, -0.2) is 4.92 Å². The Morgan fingerprint density at radius 1 is 1.16 bits per heavy atom. The molecule has 0 fully saturated rings. The molecule has 0 unspecified atom stereocenters. The molecule has 4 nitrogen and oxygen atoms in total. The Bertz CT molecular complexity index is 393. The van der Waals surface area contributed by atoms with Gasteiger partial charge in [-0.15, -0.1) is 0 Å². The van der Waals surface area contributed by atoms with Crippen LogP contribution in [0.15, 0.2) is 18.2 Å². The Kier molecular flexibility index (Phi) is 9.67. The molecule has 0 radical (unpaired) electrons. The van der Waals surface area contributed by atoms with E-state index in [0.717, 1.165) is 12.1 Å². The van der Waals surface area contributed by atoms with E-state index in [9.17, 15) is 23.3 Å². The lowest BCUT2D eigenvalue weighted by molar-refractivity contribution is -0.385. The molecule has 0 aliphatic heterocycles. The lowest BCUT2D eigenvalue weighted by atomic mass is 10.1. The average molecular weight is 280 g/mol. The molecule has 1 aromatic carbocycles. The molecular formula is C12H19F3N2O2. The molecule has 110 valence electrons. The van der Waals surface area contributed by atoms with Crippen molar-refractivity contribution in [2.75, 3.05) is 0 Å². The van der Waals surface area contributed by atoms with Crippen LogP contribution in [0.1, 0.15) is 38.8 Å². The van der Waals surface area contributed by atoms with Gasteiger partial charge in [-0.3, -0.25) is 10.1 Å². The topological polar surface area (TPSA) is 69.2 Å². The molecule has 1 rings (SSSR count). The van der Waals surface area contributed by atoms with E-state index in [-0.39, 0.29) is 12.1 Å². The normalized spacial score (nSPS) is 9.68. The predicted octanol–water partition coefficient (Wildman–Crippen LogP) is 4.12. The third-order valence-electron chi connectivity index (χ3n) is 1.75. The Hall–Kier alpha value is -1.63. The van der Waals surface area contributed by atoms with Crippen LogP contribution < -0.4 is 5.73 Å². The van der Waals surface area contributed by atoms with Crippen molar-refractivity contribution in [3.63, 3.8) is 0 Å². The Labute approximate surface area is 110 Å². The largest absolute Gasteiger partial charge is 0.416 e. The van der Waals surface area contributed by atoms with Crippen molar-refractivity contribution in [3.05, 3.63) is 39.4 Å². The van der Waals surface area contributed by atoms with Crippen LogP contribution in [0.25, 0.3) is 0 Å². The first-order valence-electron chi connectivity index (χ1n) is 5.90. The van der Waals surface area contributed by atoms with Crippen LogP contribution in [0.4, 0.5) is 18.9 Å². The molecule has 0 aliphatic rings. The number of hydrogen-bond donors (Lipinski definition) is 1. The Morgan fingerprint density at radius 3 is 1.95 bits per heavy atom. The summed E-state index contributed by atoms with van der Waals surface area (Å²) in [5.41, 5.74) is 3.56. The number of nitro groups is 1. The molecule has 0 bridgehead atoms. The highest BCUT2D eigenvalue weighted by atomic mass is 19.4. The van der Waals surface area contributed by atoms with E-state index >= 15 is 0 Å². The van der Waals surface area contributed by atoms with Crippen LogP contribution in [0.3, 0.4) is 0 Å². The SMILES string of the molecule is CC.CC.NCc1cc([N+](=O)[O-])cc(C(F)(F)F)c1. The monoisotopic (exact) mass is 280 g/mol. The van der Waals surface area contributed by atoms with Gasteiger partial charge in [-0.2, -0.15) is 13.2 Å². The third kappa shape index (κ3) is 6.76. The van der Waals surface area contributed by atoms with Gasteiger partial charge in [0.15, 0.2) is 0 Å². The van der Waals surface area contributed by atoms with Crippen molar-refractivity contribution in [2.24, 2.45) is 5.73 Å². The summed E-state index contributed by atoms with van der Waals surface area (Å²) in [7, 11) is 0. The molecule has 1 aromatic rings. The summed E-state index contributed by atoms with van der Waals surface area (Å²) in [5.74, 6) is 0. The Morgan fingerprint density at radius 2 is 1.63 bits per heavy atom. The zero-order valence-electron chi connectivity index (χ0n) is 11.4. The Balaban J connectivity index is 0. The van der Waals surface area contributed by atoms with Gasteiger partial charge in [0.25, 0.3) is 5.69 Å². The van der Waals surface area contributed by atoms with E-state index in [1.54, 1.807) is 0 Å². The molecule has 0 saturated carbocycles. The van der Waals surface area contributed by atoms with Gasteiger partial charge in [0.05, 0.1) is 10.5 Å². The van der Waals surface area contributed by atoms with Crippen LogP contribution >= 0.6 is 0 Å². The van der Waals surface area contributed by atoms with Crippen molar-refractivity contribution in [1.29, 1.82) is 0 Å². The first kappa shape index (κ1) is 19.7. The lowest BCUT2D eigenvalue weighted by Gasteiger charge is -2.07. The fourth-order valence-corrected chi connectivity index (χ4v) is 1.06. The zero-order valence-corrected chi connectivity index (χ0v) is 11.4. The summed E-state index contributed by atoms with van der Waals surface area (Å²) >= 11 is 0. The van der Waals surface area contributed by atoms with Crippen molar-refractivity contribution in [2.45, 2.75) is 40.4 Å². The number of nitrogens with two attached hydrogens (primary N) is 1. The van der Waals surface area contributed by atoms with Crippen LogP contribution in [0.2, 0.25) is 0 Å². The maximum Gasteiger partial charge on any atom is 0.416 e. The maximum atomic E-state index is 12.3. The summed E-state index contributed by atoms with van der Waals surface area (Å²) in [6, 6.07) is 2.31. The molecule has 0 aromatic heterocycles. The van der Waals surface area contributed by atoms with Gasteiger partial charge in [0.2, 0.25) is 0 Å². The smallest absolute Gasteiger partial charge is 0.326 e. The highest BCUT2D eigenvalue weighted by Gasteiger charge is 2.32. The number of benzene rings is 1. The molecule has 0 atom stereocenters. The standard InChI is InChI=1S/C8H7F3N2O2.2C2H6/c9-8(10,11)6-1-5(4-12)2-7(3-6)13(14)15;2*1-2/h1-3H,4,12H2;2*1-2H3. The molecule has 0 saturated heterocycles. The second kappa shape index (κ2) is 9.32. The van der Waals surface area contributed by atoms with Gasteiger partial charge in [0.1, 0.15) is 0 Å². The van der Waals surface area contributed by atoms with Crippen molar-refractivity contribution in [1.82, 2.24) is 0 Å². The first-order chi connectivity index (χ1) is 8.84. The van der Waals surface area contributed by atoms with Crippen molar-refractivity contribution < 1.29 is 18.1 Å².